The van der Waals surface area contributed by atoms with Crippen LogP contribution in [0.25, 0.3) is 0 Å². The summed E-state index contributed by atoms with van der Waals surface area (Å²) in [5.41, 5.74) is 0.161. The second kappa shape index (κ2) is 16.3. The molecular formula is C28H34Br2O14. The molecule has 0 amide bonds. The van der Waals surface area contributed by atoms with Crippen LogP contribution in [0.4, 0.5) is 0 Å². The van der Waals surface area contributed by atoms with Gasteiger partial charge in [0.15, 0.2) is 28.8 Å². The van der Waals surface area contributed by atoms with Crippen LogP contribution >= 0.6 is 31.9 Å². The summed E-state index contributed by atoms with van der Waals surface area (Å²) in [5, 5.41) is 20.2. The first kappa shape index (κ1) is 35.5. The van der Waals surface area contributed by atoms with E-state index in [0.29, 0.717) is 37.9 Å². The van der Waals surface area contributed by atoms with Crippen molar-refractivity contribution in [3.63, 3.8) is 0 Å². The Morgan fingerprint density at radius 2 is 1.18 bits per heavy atom. The van der Waals surface area contributed by atoms with Crippen LogP contribution in [0.2, 0.25) is 0 Å². The number of rotatable bonds is 6. The number of aromatic hydroxyl groups is 2. The summed E-state index contributed by atoms with van der Waals surface area (Å²) in [6.45, 7) is 2.64. The van der Waals surface area contributed by atoms with Crippen LogP contribution in [0.1, 0.15) is 20.7 Å². The van der Waals surface area contributed by atoms with E-state index < -0.39 is 29.2 Å². The van der Waals surface area contributed by atoms with Gasteiger partial charge in [0, 0.05) is 0 Å². The predicted molar refractivity (Wildman–Crippen MR) is 160 cm³/mol. The number of hydrogen-bond donors (Lipinski definition) is 2. The van der Waals surface area contributed by atoms with Gasteiger partial charge in [-0.25, -0.2) is 9.59 Å². The van der Waals surface area contributed by atoms with Gasteiger partial charge in [0.25, 0.3) is 0 Å². The van der Waals surface area contributed by atoms with Crippen molar-refractivity contribution in [2.75, 3.05) is 78.7 Å². The first-order valence-corrected chi connectivity index (χ1v) is 15.3. The maximum absolute atomic E-state index is 11.8. The van der Waals surface area contributed by atoms with Gasteiger partial charge in [0.05, 0.1) is 65.5 Å². The third-order valence-corrected chi connectivity index (χ3v) is 8.06. The molecule has 44 heavy (non-hydrogen) atoms. The van der Waals surface area contributed by atoms with Crippen molar-refractivity contribution in [1.82, 2.24) is 0 Å². The molecule has 0 unspecified atom stereocenters. The van der Waals surface area contributed by atoms with E-state index >= 15 is 0 Å². The van der Waals surface area contributed by atoms with Gasteiger partial charge in [-0.1, -0.05) is 31.9 Å². The number of fused-ring (bicyclic) bond motifs is 1. The normalized spacial score (nSPS) is 17.2. The van der Waals surface area contributed by atoms with Gasteiger partial charge >= 0.3 is 11.9 Å². The summed E-state index contributed by atoms with van der Waals surface area (Å²) in [6.07, 6.45) is 0. The average Bonchev–Trinajstić information content (AvgIpc) is 3.70. The standard InChI is InChI=1S/C14H16O7.C9H10O5.C5H8Br2O2/c1-16-10-4-3-9(13(15)17-2)11-12(10)19-8-14(7-18-11)20-5-6-21-14;1-13-6-4-3-5(9(12)14-2)7(10)8(6)11;6-3-5(4-7)8-1-2-9-5/h3-4H,5-8H2,1-2H3;3-4,10-11H,1-2H3;1-4H2. The van der Waals surface area contributed by atoms with Gasteiger partial charge in [-0.2, -0.15) is 0 Å². The van der Waals surface area contributed by atoms with Crippen LogP contribution in [0.3, 0.4) is 0 Å². The molecule has 14 nitrogen and oxygen atoms in total. The Labute approximate surface area is 270 Å². The molecule has 3 aliphatic heterocycles. The Bertz CT molecular complexity index is 1270. The Balaban J connectivity index is 0.000000198. The highest BCUT2D eigenvalue weighted by molar-refractivity contribution is 9.09. The van der Waals surface area contributed by atoms with Gasteiger partial charge in [-0.3, -0.25) is 0 Å². The minimum atomic E-state index is -0.947. The molecule has 2 aromatic carbocycles. The predicted octanol–water partition coefficient (Wildman–Crippen LogP) is 3.41. The second-order valence-corrected chi connectivity index (χ2v) is 10.2. The van der Waals surface area contributed by atoms with E-state index in [0.717, 1.165) is 10.7 Å². The van der Waals surface area contributed by atoms with E-state index in [1.807, 2.05) is 0 Å². The highest BCUT2D eigenvalue weighted by atomic mass is 79.9. The number of phenols is 2. The SMILES string of the molecule is BrCC1(CBr)OCCO1.COC(=O)c1ccc(OC)c(O)c1O.COC(=O)c1ccc(OC)c2c1OCC1(CO2)OCCO1. The molecule has 2 aromatic rings. The monoisotopic (exact) mass is 752 g/mol. The number of alkyl halides is 2. The summed E-state index contributed by atoms with van der Waals surface area (Å²) in [6, 6.07) is 5.87. The van der Waals surface area contributed by atoms with Gasteiger partial charge in [-0.15, -0.1) is 0 Å². The highest BCUT2D eigenvalue weighted by Gasteiger charge is 2.42. The number of esters is 2. The molecule has 0 radical (unpaired) electrons. The van der Waals surface area contributed by atoms with Gasteiger partial charge in [-0.05, 0) is 24.3 Å². The molecule has 0 atom stereocenters. The Morgan fingerprint density at radius 3 is 1.68 bits per heavy atom. The fourth-order valence-corrected chi connectivity index (χ4v) is 5.59. The fraction of sp³-hybridized carbons (Fsp3) is 0.500. The van der Waals surface area contributed by atoms with Crippen molar-refractivity contribution in [3.05, 3.63) is 35.4 Å². The molecule has 1 spiro atoms. The van der Waals surface area contributed by atoms with E-state index in [1.54, 1.807) is 12.1 Å². The number of methoxy groups -OCH3 is 4. The maximum atomic E-state index is 11.8. The summed E-state index contributed by atoms with van der Waals surface area (Å²) >= 11 is 6.63. The molecule has 2 saturated heterocycles. The minimum Gasteiger partial charge on any atom is -0.504 e. The molecule has 2 fully saturated rings. The Kier molecular flexibility index (Phi) is 13.2. The largest absolute Gasteiger partial charge is 0.504 e. The number of ether oxygens (including phenoxy) is 10. The molecule has 16 heteroatoms. The zero-order chi connectivity index (χ0) is 32.3. The van der Waals surface area contributed by atoms with Crippen LogP contribution in [-0.2, 0) is 28.4 Å². The van der Waals surface area contributed by atoms with Crippen molar-refractivity contribution in [2.24, 2.45) is 0 Å². The third-order valence-electron chi connectivity index (χ3n) is 6.35. The molecule has 0 aliphatic carbocycles. The van der Waals surface area contributed by atoms with E-state index in [1.165, 1.54) is 40.6 Å². The molecule has 2 N–H and O–H groups in total. The lowest BCUT2D eigenvalue weighted by atomic mass is 10.1. The molecule has 0 bridgehead atoms. The second-order valence-electron chi connectivity index (χ2n) is 9.03. The van der Waals surface area contributed by atoms with Crippen molar-refractivity contribution < 1.29 is 67.2 Å². The van der Waals surface area contributed by atoms with E-state index in [-0.39, 0.29) is 41.6 Å². The summed E-state index contributed by atoms with van der Waals surface area (Å²) in [5.74, 6) is -2.41. The first-order valence-electron chi connectivity index (χ1n) is 13.0. The number of benzene rings is 2. The lowest BCUT2D eigenvalue weighted by molar-refractivity contribution is -0.189. The minimum absolute atomic E-state index is 0.0927. The number of hydrogen-bond acceptors (Lipinski definition) is 14. The summed E-state index contributed by atoms with van der Waals surface area (Å²) in [4.78, 5) is 22.9. The lowest BCUT2D eigenvalue weighted by Gasteiger charge is -2.23. The van der Waals surface area contributed by atoms with Gasteiger partial charge < -0.3 is 57.6 Å². The number of carbonyl (C=O) groups is 2. The van der Waals surface area contributed by atoms with Crippen LogP contribution in [0, 0.1) is 0 Å². The van der Waals surface area contributed by atoms with Crippen molar-refractivity contribution in [3.8, 4) is 34.5 Å². The van der Waals surface area contributed by atoms with Crippen LogP contribution < -0.4 is 18.9 Å². The number of phenolic OH excluding ortho intramolecular Hbond substituents is 2. The molecule has 0 saturated carbocycles. The van der Waals surface area contributed by atoms with Crippen molar-refractivity contribution >= 4 is 43.8 Å². The molecule has 0 aromatic heterocycles. The van der Waals surface area contributed by atoms with E-state index in [4.69, 9.17) is 42.6 Å². The topological polar surface area (TPSA) is 167 Å². The molecular weight excluding hydrogens is 720 g/mol. The molecule has 244 valence electrons. The van der Waals surface area contributed by atoms with Gasteiger partial charge in [0.2, 0.25) is 17.3 Å². The lowest BCUT2D eigenvalue weighted by Crippen LogP contribution is -2.42. The maximum Gasteiger partial charge on any atom is 0.341 e. The Hall–Kier alpha value is -3.02. The third kappa shape index (κ3) is 8.17. The molecule has 3 heterocycles. The summed E-state index contributed by atoms with van der Waals surface area (Å²) in [7, 11) is 5.34. The summed E-state index contributed by atoms with van der Waals surface area (Å²) < 4.78 is 52.4. The first-order chi connectivity index (χ1) is 21.1. The van der Waals surface area contributed by atoms with Gasteiger partial charge in [0.1, 0.15) is 24.3 Å². The average molecular weight is 754 g/mol. The van der Waals surface area contributed by atoms with Crippen LogP contribution in [0.15, 0.2) is 24.3 Å². The van der Waals surface area contributed by atoms with Crippen molar-refractivity contribution in [1.29, 1.82) is 0 Å². The van der Waals surface area contributed by atoms with E-state index in [2.05, 4.69) is 36.6 Å². The highest BCUT2D eigenvalue weighted by Crippen LogP contribution is 2.43. The fourth-order valence-electron chi connectivity index (χ4n) is 4.01. The van der Waals surface area contributed by atoms with Crippen molar-refractivity contribution in [2.45, 2.75) is 11.6 Å². The quantitative estimate of drug-likeness (QED) is 0.250. The molecule has 5 rings (SSSR count). The number of halogens is 2. The zero-order valence-corrected chi connectivity index (χ0v) is 27.7. The molecule has 3 aliphatic rings. The van der Waals surface area contributed by atoms with Crippen LogP contribution in [0.5, 0.6) is 34.5 Å². The zero-order valence-electron chi connectivity index (χ0n) is 24.5. The van der Waals surface area contributed by atoms with Crippen LogP contribution in [-0.4, -0.2) is 112 Å². The number of carbonyl (C=O) groups excluding carboxylic acids is 2. The smallest absolute Gasteiger partial charge is 0.341 e. The van der Waals surface area contributed by atoms with E-state index in [9.17, 15) is 19.8 Å². The Morgan fingerprint density at radius 1 is 0.705 bits per heavy atom.